The number of ether oxygens (including phenoxy) is 1. The third-order valence-corrected chi connectivity index (χ3v) is 2.89. The molecule has 7 nitrogen and oxygen atoms in total. The molecular weight excluding hydrogens is 260 g/mol. The molecule has 0 unspecified atom stereocenters. The van der Waals surface area contributed by atoms with Crippen molar-refractivity contribution in [2.45, 2.75) is 25.8 Å². The van der Waals surface area contributed by atoms with Gasteiger partial charge in [-0.1, -0.05) is 12.1 Å². The molecular formula is C13H16N4O3. The molecule has 0 fully saturated rings. The molecule has 0 spiro atoms. The fourth-order valence-electron chi connectivity index (χ4n) is 1.92. The Morgan fingerprint density at radius 2 is 2.15 bits per heavy atom. The lowest BCUT2D eigenvalue weighted by Gasteiger charge is -2.08. The summed E-state index contributed by atoms with van der Waals surface area (Å²) in [5.41, 5.74) is 0.818. The number of nitrogens with zero attached hydrogens (tertiary/aromatic N) is 4. The molecule has 1 N–H and O–H groups in total. The zero-order chi connectivity index (χ0) is 14.4. The summed E-state index contributed by atoms with van der Waals surface area (Å²) in [7, 11) is 1.60. The van der Waals surface area contributed by atoms with Gasteiger partial charge in [0.25, 0.3) is 0 Å². The molecule has 106 valence electrons. The van der Waals surface area contributed by atoms with Gasteiger partial charge in [0, 0.05) is 13.0 Å². The maximum Gasteiger partial charge on any atom is 0.303 e. The predicted octanol–water partition coefficient (Wildman–Crippen LogP) is 1.60. The summed E-state index contributed by atoms with van der Waals surface area (Å²) in [5, 5.41) is 20.2. The summed E-state index contributed by atoms with van der Waals surface area (Å²) in [4.78, 5) is 10.5. The number of aliphatic carboxylic acids is 1. The molecule has 2 aromatic rings. The average Bonchev–Trinajstić information content (AvgIpc) is 2.91. The van der Waals surface area contributed by atoms with E-state index in [9.17, 15) is 4.79 Å². The molecule has 20 heavy (non-hydrogen) atoms. The predicted molar refractivity (Wildman–Crippen MR) is 71.3 cm³/mol. The smallest absolute Gasteiger partial charge is 0.303 e. The van der Waals surface area contributed by atoms with E-state index in [-0.39, 0.29) is 6.42 Å². The molecule has 0 amide bonds. The summed E-state index contributed by atoms with van der Waals surface area (Å²) in [6.07, 6.45) is 1.46. The average molecular weight is 276 g/mol. The lowest BCUT2D eigenvalue weighted by molar-refractivity contribution is -0.137. The highest BCUT2D eigenvalue weighted by Gasteiger charge is 2.13. The molecule has 0 aliphatic rings. The molecule has 0 radical (unpaired) electrons. The lowest BCUT2D eigenvalue weighted by Crippen LogP contribution is -2.05. The molecule has 2 rings (SSSR count). The minimum absolute atomic E-state index is 0.159. The topological polar surface area (TPSA) is 90.1 Å². The van der Waals surface area contributed by atoms with Gasteiger partial charge in [0.2, 0.25) is 0 Å². The van der Waals surface area contributed by atoms with Crippen molar-refractivity contribution in [2.75, 3.05) is 7.11 Å². The molecule has 1 aromatic carbocycles. The number of hydrogen-bond acceptors (Lipinski definition) is 5. The van der Waals surface area contributed by atoms with Crippen LogP contribution in [-0.4, -0.2) is 38.4 Å². The van der Waals surface area contributed by atoms with Gasteiger partial charge in [-0.05, 0) is 35.4 Å². The van der Waals surface area contributed by atoms with Crippen LogP contribution in [0.15, 0.2) is 24.3 Å². The highest BCUT2D eigenvalue weighted by Crippen LogP contribution is 2.27. The van der Waals surface area contributed by atoms with Gasteiger partial charge in [0.15, 0.2) is 5.82 Å². The van der Waals surface area contributed by atoms with Crippen LogP contribution in [0.4, 0.5) is 0 Å². The van der Waals surface area contributed by atoms with Gasteiger partial charge in [0.1, 0.15) is 5.75 Å². The largest absolute Gasteiger partial charge is 0.496 e. The van der Waals surface area contributed by atoms with Crippen LogP contribution in [0.25, 0.3) is 11.4 Å². The Kier molecular flexibility index (Phi) is 4.65. The first kappa shape index (κ1) is 14.0. The number of carboxylic acid groups (broad SMARTS) is 1. The number of tetrazole rings is 1. The van der Waals surface area contributed by atoms with Crippen molar-refractivity contribution >= 4 is 5.97 Å². The van der Waals surface area contributed by atoms with Crippen molar-refractivity contribution in [3.8, 4) is 17.1 Å². The Labute approximate surface area is 116 Å². The summed E-state index contributed by atoms with van der Waals surface area (Å²) in [6.45, 7) is 0.577. The van der Waals surface area contributed by atoms with Crippen LogP contribution in [0.1, 0.15) is 19.3 Å². The number of aryl methyl sites for hydroxylation is 1. The van der Waals surface area contributed by atoms with E-state index in [0.717, 1.165) is 5.56 Å². The van der Waals surface area contributed by atoms with Crippen molar-refractivity contribution in [3.63, 3.8) is 0 Å². The first-order chi connectivity index (χ1) is 9.72. The van der Waals surface area contributed by atoms with Gasteiger partial charge in [-0.3, -0.25) is 4.79 Å². The van der Waals surface area contributed by atoms with Crippen LogP contribution in [0.5, 0.6) is 5.75 Å². The van der Waals surface area contributed by atoms with Crippen molar-refractivity contribution in [1.82, 2.24) is 20.2 Å². The van der Waals surface area contributed by atoms with Crippen LogP contribution >= 0.6 is 0 Å². The minimum Gasteiger partial charge on any atom is -0.496 e. The Balaban J connectivity index is 2.10. The quantitative estimate of drug-likeness (QED) is 0.772. The number of rotatable bonds is 7. The summed E-state index contributed by atoms with van der Waals surface area (Å²) >= 11 is 0. The van der Waals surface area contributed by atoms with E-state index in [2.05, 4.69) is 15.5 Å². The lowest BCUT2D eigenvalue weighted by atomic mass is 10.2. The van der Waals surface area contributed by atoms with Gasteiger partial charge < -0.3 is 9.84 Å². The van der Waals surface area contributed by atoms with Crippen molar-refractivity contribution in [2.24, 2.45) is 0 Å². The number of aromatic nitrogens is 4. The van der Waals surface area contributed by atoms with E-state index in [1.165, 1.54) is 0 Å². The monoisotopic (exact) mass is 276 g/mol. The maximum absolute atomic E-state index is 10.5. The normalized spacial score (nSPS) is 10.4. The van der Waals surface area contributed by atoms with Crippen LogP contribution in [0.2, 0.25) is 0 Å². The Morgan fingerprint density at radius 3 is 2.90 bits per heavy atom. The number of carboxylic acids is 1. The first-order valence-corrected chi connectivity index (χ1v) is 6.33. The van der Waals surface area contributed by atoms with E-state index in [4.69, 9.17) is 9.84 Å². The second-order valence-electron chi connectivity index (χ2n) is 4.28. The fraction of sp³-hybridized carbons (Fsp3) is 0.385. The van der Waals surface area contributed by atoms with Gasteiger partial charge in [0.05, 0.1) is 12.7 Å². The number of para-hydroxylation sites is 1. The number of unbranched alkanes of at least 4 members (excludes halogenated alkanes) is 1. The van der Waals surface area contributed by atoms with Gasteiger partial charge in [-0.25, -0.2) is 4.68 Å². The molecule has 7 heteroatoms. The SMILES string of the molecule is COc1ccccc1-c1nnnn1CCCCC(=O)O. The molecule has 0 saturated carbocycles. The molecule has 1 heterocycles. The van der Waals surface area contributed by atoms with Gasteiger partial charge >= 0.3 is 5.97 Å². The first-order valence-electron chi connectivity index (χ1n) is 6.33. The molecule has 1 aromatic heterocycles. The van der Waals surface area contributed by atoms with Crippen LogP contribution < -0.4 is 4.74 Å². The van der Waals surface area contributed by atoms with Gasteiger partial charge in [-0.2, -0.15) is 0 Å². The summed E-state index contributed by atoms with van der Waals surface area (Å²) < 4.78 is 6.96. The maximum atomic E-state index is 10.5. The molecule has 0 aliphatic carbocycles. The van der Waals surface area contributed by atoms with Crippen molar-refractivity contribution in [1.29, 1.82) is 0 Å². The fourth-order valence-corrected chi connectivity index (χ4v) is 1.92. The number of hydrogen-bond donors (Lipinski definition) is 1. The zero-order valence-electron chi connectivity index (χ0n) is 11.2. The van der Waals surface area contributed by atoms with Gasteiger partial charge in [-0.15, -0.1) is 5.10 Å². The standard InChI is InChI=1S/C13H16N4O3/c1-20-11-7-3-2-6-10(11)13-14-15-16-17(13)9-5-4-8-12(18)19/h2-3,6-7H,4-5,8-9H2,1H3,(H,18,19). The van der Waals surface area contributed by atoms with Crippen LogP contribution in [0.3, 0.4) is 0 Å². The van der Waals surface area contributed by atoms with Crippen LogP contribution in [-0.2, 0) is 11.3 Å². The van der Waals surface area contributed by atoms with E-state index in [1.807, 2.05) is 24.3 Å². The highest BCUT2D eigenvalue weighted by atomic mass is 16.5. The van der Waals surface area contributed by atoms with E-state index < -0.39 is 5.97 Å². The Hall–Kier alpha value is -2.44. The van der Waals surface area contributed by atoms with Crippen molar-refractivity contribution < 1.29 is 14.6 Å². The molecule has 0 bridgehead atoms. The molecule has 0 atom stereocenters. The number of carbonyl (C=O) groups is 1. The van der Waals surface area contributed by atoms with E-state index in [1.54, 1.807) is 11.8 Å². The second kappa shape index (κ2) is 6.65. The highest BCUT2D eigenvalue weighted by molar-refractivity contribution is 5.66. The number of methoxy groups -OCH3 is 1. The summed E-state index contributed by atoms with van der Waals surface area (Å²) in [6, 6.07) is 7.50. The third kappa shape index (κ3) is 3.31. The zero-order valence-corrected chi connectivity index (χ0v) is 11.2. The number of benzene rings is 1. The van der Waals surface area contributed by atoms with E-state index >= 15 is 0 Å². The Morgan fingerprint density at radius 1 is 1.35 bits per heavy atom. The minimum atomic E-state index is -0.785. The third-order valence-electron chi connectivity index (χ3n) is 2.89. The molecule has 0 saturated heterocycles. The van der Waals surface area contributed by atoms with Crippen molar-refractivity contribution in [3.05, 3.63) is 24.3 Å². The molecule has 0 aliphatic heterocycles. The second-order valence-corrected chi connectivity index (χ2v) is 4.28. The van der Waals surface area contributed by atoms with E-state index in [0.29, 0.717) is 31.0 Å². The Bertz CT molecular complexity index is 583. The van der Waals surface area contributed by atoms with Crippen LogP contribution in [0, 0.1) is 0 Å². The summed E-state index contributed by atoms with van der Waals surface area (Å²) in [5.74, 6) is 0.540.